The van der Waals surface area contributed by atoms with Crippen molar-refractivity contribution in [3.63, 3.8) is 0 Å². The summed E-state index contributed by atoms with van der Waals surface area (Å²) < 4.78 is 6.92. The molecule has 1 amide bonds. The lowest BCUT2D eigenvalue weighted by Gasteiger charge is -2.34. The van der Waals surface area contributed by atoms with Crippen molar-refractivity contribution in [3.8, 4) is 11.4 Å². The molecule has 0 spiro atoms. The standard InChI is InChI=1S/C22H28N8O2/c1-28-9-11-29(12-10-28)21(31)15-3-4-16(13-15)24-22-23-14-19-20(25-22)30(27-26-19)17-5-7-18(32-2)8-6-17/h5-8,14-16H,3-4,9-13H2,1-2H3,(H,23,24,25). The molecule has 1 saturated heterocycles. The Hall–Kier alpha value is -3.27. The smallest absolute Gasteiger partial charge is 0.225 e. The van der Waals surface area contributed by atoms with Crippen LogP contribution in [-0.4, -0.2) is 87.0 Å². The Bertz CT molecular complexity index is 1090. The topological polar surface area (TPSA) is 101 Å². The molecule has 32 heavy (non-hydrogen) atoms. The molecule has 3 aromatic rings. The van der Waals surface area contributed by atoms with Crippen molar-refractivity contribution in [2.75, 3.05) is 45.7 Å². The fourth-order valence-corrected chi connectivity index (χ4v) is 4.50. The highest BCUT2D eigenvalue weighted by molar-refractivity contribution is 5.79. The van der Waals surface area contributed by atoms with Gasteiger partial charge in [-0.3, -0.25) is 4.79 Å². The lowest BCUT2D eigenvalue weighted by molar-refractivity contribution is -0.136. The summed E-state index contributed by atoms with van der Waals surface area (Å²) in [6, 6.07) is 7.75. The van der Waals surface area contributed by atoms with Crippen LogP contribution in [0.25, 0.3) is 16.9 Å². The van der Waals surface area contributed by atoms with Crippen LogP contribution in [0.2, 0.25) is 0 Å². The van der Waals surface area contributed by atoms with E-state index in [1.165, 1.54) is 0 Å². The average molecular weight is 437 g/mol. The Balaban J connectivity index is 1.27. The molecule has 0 bridgehead atoms. The first-order valence-corrected chi connectivity index (χ1v) is 11.1. The predicted octanol–water partition coefficient (Wildman–Crippen LogP) is 1.57. The van der Waals surface area contributed by atoms with Gasteiger partial charge in [-0.05, 0) is 50.6 Å². The number of likely N-dealkylation sites (N-methyl/N-ethyl adjacent to an activating group) is 1. The SMILES string of the molecule is COc1ccc(-n2nnc3cnc(NC4CCC(C(=O)N5CCN(C)CC5)C4)nc32)cc1. The second-order valence-corrected chi connectivity index (χ2v) is 8.58. The van der Waals surface area contributed by atoms with Gasteiger partial charge in [-0.15, -0.1) is 5.10 Å². The summed E-state index contributed by atoms with van der Waals surface area (Å²) in [5.74, 6) is 1.68. The highest BCUT2D eigenvalue weighted by Crippen LogP contribution is 2.29. The Kier molecular flexibility index (Phi) is 5.60. The number of ether oxygens (including phenoxy) is 1. The molecule has 3 heterocycles. The van der Waals surface area contributed by atoms with Gasteiger partial charge in [0.25, 0.3) is 0 Å². The van der Waals surface area contributed by atoms with Crippen LogP contribution in [0, 0.1) is 5.92 Å². The van der Waals surface area contributed by atoms with E-state index in [2.05, 4.69) is 37.5 Å². The Morgan fingerprint density at radius 1 is 1.12 bits per heavy atom. The first-order valence-electron chi connectivity index (χ1n) is 11.1. The van der Waals surface area contributed by atoms with Gasteiger partial charge in [-0.1, -0.05) is 5.21 Å². The van der Waals surface area contributed by atoms with E-state index in [1.54, 1.807) is 18.0 Å². The lowest BCUT2D eigenvalue weighted by Crippen LogP contribution is -2.48. The number of rotatable bonds is 5. The van der Waals surface area contributed by atoms with Crippen molar-refractivity contribution >= 4 is 23.0 Å². The maximum atomic E-state index is 12.9. The van der Waals surface area contributed by atoms with Crippen LogP contribution < -0.4 is 10.1 Å². The summed E-state index contributed by atoms with van der Waals surface area (Å²) in [4.78, 5) is 26.3. The molecule has 1 aromatic carbocycles. The number of carbonyl (C=O) groups excluding carboxylic acids is 1. The number of hydrogen-bond donors (Lipinski definition) is 1. The summed E-state index contributed by atoms with van der Waals surface area (Å²) in [5.41, 5.74) is 2.10. The minimum atomic E-state index is 0.0751. The van der Waals surface area contributed by atoms with Crippen LogP contribution >= 0.6 is 0 Å². The Labute approximate surface area is 186 Å². The van der Waals surface area contributed by atoms with Crippen molar-refractivity contribution in [2.24, 2.45) is 5.92 Å². The number of methoxy groups -OCH3 is 1. The van der Waals surface area contributed by atoms with E-state index < -0.39 is 0 Å². The molecule has 10 heteroatoms. The van der Waals surface area contributed by atoms with Gasteiger partial charge in [0.1, 0.15) is 5.75 Å². The molecule has 1 aliphatic carbocycles. The van der Waals surface area contributed by atoms with E-state index >= 15 is 0 Å². The van der Waals surface area contributed by atoms with E-state index in [-0.39, 0.29) is 12.0 Å². The van der Waals surface area contributed by atoms with Gasteiger partial charge in [-0.2, -0.15) is 9.67 Å². The Morgan fingerprint density at radius 2 is 1.91 bits per heavy atom. The van der Waals surface area contributed by atoms with E-state index in [4.69, 9.17) is 4.74 Å². The number of amides is 1. The van der Waals surface area contributed by atoms with Crippen LogP contribution in [0.3, 0.4) is 0 Å². The molecule has 5 rings (SSSR count). The molecule has 2 aliphatic rings. The van der Waals surface area contributed by atoms with E-state index in [0.717, 1.165) is 56.9 Å². The summed E-state index contributed by atoms with van der Waals surface area (Å²) >= 11 is 0. The van der Waals surface area contributed by atoms with Crippen molar-refractivity contribution in [1.29, 1.82) is 0 Å². The largest absolute Gasteiger partial charge is 0.497 e. The second-order valence-electron chi connectivity index (χ2n) is 8.58. The minimum absolute atomic E-state index is 0.0751. The van der Waals surface area contributed by atoms with Crippen LogP contribution in [0.15, 0.2) is 30.5 Å². The van der Waals surface area contributed by atoms with Crippen LogP contribution in [0.1, 0.15) is 19.3 Å². The van der Waals surface area contributed by atoms with Gasteiger partial charge in [0.15, 0.2) is 11.2 Å². The van der Waals surface area contributed by atoms with Gasteiger partial charge in [-0.25, -0.2) is 4.98 Å². The molecule has 1 aliphatic heterocycles. The van der Waals surface area contributed by atoms with E-state index in [9.17, 15) is 4.79 Å². The normalized spacial score (nSPS) is 21.8. The van der Waals surface area contributed by atoms with Gasteiger partial charge in [0, 0.05) is 38.1 Å². The van der Waals surface area contributed by atoms with Gasteiger partial charge >= 0.3 is 0 Å². The fourth-order valence-electron chi connectivity index (χ4n) is 4.50. The molecule has 168 valence electrons. The number of anilines is 1. The zero-order chi connectivity index (χ0) is 22.1. The third-order valence-electron chi connectivity index (χ3n) is 6.44. The second kappa shape index (κ2) is 8.70. The van der Waals surface area contributed by atoms with Crippen molar-refractivity contribution in [2.45, 2.75) is 25.3 Å². The van der Waals surface area contributed by atoms with E-state index in [1.807, 2.05) is 29.2 Å². The molecular weight excluding hydrogens is 408 g/mol. The van der Waals surface area contributed by atoms with Gasteiger partial charge in [0.2, 0.25) is 11.9 Å². The third kappa shape index (κ3) is 4.10. The Morgan fingerprint density at radius 3 is 2.66 bits per heavy atom. The highest BCUT2D eigenvalue weighted by atomic mass is 16.5. The van der Waals surface area contributed by atoms with E-state index in [0.29, 0.717) is 23.0 Å². The maximum absolute atomic E-state index is 12.9. The third-order valence-corrected chi connectivity index (χ3v) is 6.44. The molecular formula is C22H28N8O2. The van der Waals surface area contributed by atoms with Crippen molar-refractivity contribution in [1.82, 2.24) is 34.8 Å². The number of benzene rings is 1. The zero-order valence-electron chi connectivity index (χ0n) is 18.4. The van der Waals surface area contributed by atoms with Crippen LogP contribution in [-0.2, 0) is 4.79 Å². The molecule has 2 aromatic heterocycles. The quantitative estimate of drug-likeness (QED) is 0.643. The molecule has 1 saturated carbocycles. The predicted molar refractivity (Wildman–Crippen MR) is 120 cm³/mol. The monoisotopic (exact) mass is 436 g/mol. The summed E-state index contributed by atoms with van der Waals surface area (Å²) in [6.45, 7) is 3.55. The van der Waals surface area contributed by atoms with Crippen LogP contribution in [0.4, 0.5) is 5.95 Å². The molecule has 2 unspecified atom stereocenters. The summed E-state index contributed by atoms with van der Waals surface area (Å²) in [5, 5.41) is 11.8. The van der Waals surface area contributed by atoms with Crippen molar-refractivity contribution < 1.29 is 9.53 Å². The molecule has 10 nitrogen and oxygen atoms in total. The molecule has 0 radical (unpaired) electrons. The maximum Gasteiger partial charge on any atom is 0.225 e. The first kappa shape index (κ1) is 20.6. The minimum Gasteiger partial charge on any atom is -0.497 e. The average Bonchev–Trinajstić information content (AvgIpc) is 3.46. The zero-order valence-corrected chi connectivity index (χ0v) is 18.4. The lowest BCUT2D eigenvalue weighted by atomic mass is 10.1. The number of fused-ring (bicyclic) bond motifs is 1. The molecule has 2 fully saturated rings. The molecule has 1 N–H and O–H groups in total. The number of piperazine rings is 1. The van der Waals surface area contributed by atoms with Gasteiger partial charge in [0.05, 0.1) is 19.0 Å². The number of nitrogens with one attached hydrogen (secondary N) is 1. The van der Waals surface area contributed by atoms with Crippen molar-refractivity contribution in [3.05, 3.63) is 30.5 Å². The summed E-state index contributed by atoms with van der Waals surface area (Å²) in [6.07, 6.45) is 4.32. The fraction of sp³-hybridized carbons (Fsp3) is 0.500. The van der Waals surface area contributed by atoms with Crippen LogP contribution in [0.5, 0.6) is 5.75 Å². The van der Waals surface area contributed by atoms with Gasteiger partial charge < -0.3 is 19.9 Å². The molecule has 2 atom stereocenters. The number of carbonyl (C=O) groups is 1. The number of nitrogens with zero attached hydrogens (tertiary/aromatic N) is 7. The number of aromatic nitrogens is 5. The number of hydrogen-bond acceptors (Lipinski definition) is 8. The summed E-state index contributed by atoms with van der Waals surface area (Å²) in [7, 11) is 3.74. The highest BCUT2D eigenvalue weighted by Gasteiger charge is 2.33. The first-order chi connectivity index (χ1) is 15.6.